The van der Waals surface area contributed by atoms with Crippen molar-refractivity contribution in [1.82, 2.24) is 9.80 Å². The second-order valence-corrected chi connectivity index (χ2v) is 7.43. The van der Waals surface area contributed by atoms with Gasteiger partial charge in [-0.05, 0) is 63.7 Å². The summed E-state index contributed by atoms with van der Waals surface area (Å²) >= 11 is 0. The van der Waals surface area contributed by atoms with Crippen LogP contribution in [0.3, 0.4) is 0 Å². The van der Waals surface area contributed by atoms with Crippen LogP contribution in [0.1, 0.15) is 38.9 Å². The SMILES string of the molecule is COC[C@H]1CC2(CCN(Cc3ccco3)CC2)CN1C(C)C. The first kappa shape index (κ1) is 16.0. The maximum Gasteiger partial charge on any atom is 0.117 e. The number of hydrogen-bond donors (Lipinski definition) is 0. The minimum atomic E-state index is 0.507. The number of likely N-dealkylation sites (tertiary alicyclic amines) is 2. The summed E-state index contributed by atoms with van der Waals surface area (Å²) in [6.07, 6.45) is 5.68. The molecule has 3 rings (SSSR count). The summed E-state index contributed by atoms with van der Waals surface area (Å²) in [5.74, 6) is 1.09. The van der Waals surface area contributed by atoms with E-state index in [2.05, 4.69) is 29.7 Å². The molecule has 4 heteroatoms. The van der Waals surface area contributed by atoms with Crippen LogP contribution in [-0.2, 0) is 11.3 Å². The van der Waals surface area contributed by atoms with E-state index >= 15 is 0 Å². The Labute approximate surface area is 134 Å². The molecule has 0 radical (unpaired) electrons. The van der Waals surface area contributed by atoms with Crippen LogP contribution in [0.5, 0.6) is 0 Å². The molecule has 2 saturated heterocycles. The summed E-state index contributed by atoms with van der Waals surface area (Å²) in [5.41, 5.74) is 0.507. The van der Waals surface area contributed by atoms with Gasteiger partial charge in [-0.25, -0.2) is 0 Å². The van der Waals surface area contributed by atoms with Gasteiger partial charge in [0.1, 0.15) is 5.76 Å². The average Bonchev–Trinajstić information content (AvgIpc) is 3.11. The summed E-state index contributed by atoms with van der Waals surface area (Å²) < 4.78 is 11.0. The summed E-state index contributed by atoms with van der Waals surface area (Å²) in [7, 11) is 1.83. The van der Waals surface area contributed by atoms with Crippen molar-refractivity contribution in [2.45, 2.75) is 51.7 Å². The average molecular weight is 306 g/mol. The van der Waals surface area contributed by atoms with Crippen molar-refractivity contribution in [3.8, 4) is 0 Å². The molecule has 1 atom stereocenters. The number of piperidine rings is 1. The van der Waals surface area contributed by atoms with E-state index in [0.29, 0.717) is 17.5 Å². The van der Waals surface area contributed by atoms with Crippen LogP contribution >= 0.6 is 0 Å². The fourth-order valence-corrected chi connectivity index (χ4v) is 4.32. The van der Waals surface area contributed by atoms with E-state index in [-0.39, 0.29) is 0 Å². The lowest BCUT2D eigenvalue weighted by Gasteiger charge is -2.39. The van der Waals surface area contributed by atoms with Gasteiger partial charge in [-0.15, -0.1) is 0 Å². The van der Waals surface area contributed by atoms with E-state index < -0.39 is 0 Å². The van der Waals surface area contributed by atoms with Crippen molar-refractivity contribution in [2.24, 2.45) is 5.41 Å². The molecule has 0 amide bonds. The second-order valence-electron chi connectivity index (χ2n) is 7.43. The molecule has 2 aliphatic heterocycles. The number of rotatable bonds is 5. The first-order valence-electron chi connectivity index (χ1n) is 8.61. The zero-order chi connectivity index (χ0) is 15.6. The van der Waals surface area contributed by atoms with Crippen LogP contribution in [-0.4, -0.2) is 55.2 Å². The van der Waals surface area contributed by atoms with E-state index in [9.17, 15) is 0 Å². The molecule has 22 heavy (non-hydrogen) atoms. The van der Waals surface area contributed by atoms with Gasteiger partial charge in [-0.2, -0.15) is 0 Å². The maximum absolute atomic E-state index is 5.48. The van der Waals surface area contributed by atoms with Gasteiger partial charge in [-0.1, -0.05) is 0 Å². The third kappa shape index (κ3) is 3.39. The zero-order valence-corrected chi connectivity index (χ0v) is 14.3. The monoisotopic (exact) mass is 306 g/mol. The molecule has 2 aliphatic rings. The highest BCUT2D eigenvalue weighted by Gasteiger charge is 2.45. The van der Waals surface area contributed by atoms with Crippen LogP contribution in [0, 0.1) is 5.41 Å². The van der Waals surface area contributed by atoms with Crippen molar-refractivity contribution in [3.63, 3.8) is 0 Å². The lowest BCUT2D eigenvalue weighted by molar-refractivity contribution is 0.0893. The molecule has 0 aliphatic carbocycles. The quantitative estimate of drug-likeness (QED) is 0.836. The van der Waals surface area contributed by atoms with Crippen LogP contribution in [0.15, 0.2) is 22.8 Å². The normalized spacial score (nSPS) is 26.3. The Morgan fingerprint density at radius 1 is 1.36 bits per heavy atom. The smallest absolute Gasteiger partial charge is 0.117 e. The number of nitrogens with zero attached hydrogens (tertiary/aromatic N) is 2. The van der Waals surface area contributed by atoms with Gasteiger partial charge in [0.2, 0.25) is 0 Å². The summed E-state index contributed by atoms with van der Waals surface area (Å²) in [6, 6.07) is 5.27. The minimum absolute atomic E-state index is 0.507. The van der Waals surface area contributed by atoms with Crippen LogP contribution < -0.4 is 0 Å². The summed E-state index contributed by atoms with van der Waals surface area (Å²) in [6.45, 7) is 10.1. The molecule has 1 spiro atoms. The third-order valence-electron chi connectivity index (χ3n) is 5.55. The summed E-state index contributed by atoms with van der Waals surface area (Å²) in [4.78, 5) is 5.19. The highest BCUT2D eigenvalue weighted by molar-refractivity contribution is 5.02. The van der Waals surface area contributed by atoms with Gasteiger partial charge in [0.25, 0.3) is 0 Å². The van der Waals surface area contributed by atoms with Gasteiger partial charge in [0, 0.05) is 25.7 Å². The van der Waals surface area contributed by atoms with Crippen LogP contribution in [0.2, 0.25) is 0 Å². The Morgan fingerprint density at radius 2 is 2.14 bits per heavy atom. The highest BCUT2D eigenvalue weighted by Crippen LogP contribution is 2.44. The van der Waals surface area contributed by atoms with Gasteiger partial charge in [0.05, 0.1) is 19.4 Å². The first-order chi connectivity index (χ1) is 10.6. The Hall–Kier alpha value is -0.840. The largest absolute Gasteiger partial charge is 0.468 e. The molecule has 3 heterocycles. The van der Waals surface area contributed by atoms with Gasteiger partial charge < -0.3 is 9.15 Å². The van der Waals surface area contributed by atoms with Gasteiger partial charge in [-0.3, -0.25) is 9.80 Å². The Bertz CT molecular complexity index is 450. The number of methoxy groups -OCH3 is 1. The Balaban J connectivity index is 1.57. The molecular weight excluding hydrogens is 276 g/mol. The van der Waals surface area contributed by atoms with E-state index in [1.54, 1.807) is 6.26 Å². The van der Waals surface area contributed by atoms with Gasteiger partial charge in [0.15, 0.2) is 0 Å². The molecular formula is C18H30N2O2. The molecule has 0 saturated carbocycles. The predicted octanol–water partition coefficient (Wildman–Crippen LogP) is 2.99. The molecule has 1 aromatic heterocycles. The number of ether oxygens (including phenoxy) is 1. The van der Waals surface area contributed by atoms with Crippen LogP contribution in [0.4, 0.5) is 0 Å². The molecule has 4 nitrogen and oxygen atoms in total. The van der Waals surface area contributed by atoms with Crippen molar-refractivity contribution in [3.05, 3.63) is 24.2 Å². The molecule has 0 aromatic carbocycles. The molecule has 0 bridgehead atoms. The van der Waals surface area contributed by atoms with Crippen LogP contribution in [0.25, 0.3) is 0 Å². The van der Waals surface area contributed by atoms with E-state index in [1.807, 2.05) is 13.2 Å². The molecule has 0 unspecified atom stereocenters. The van der Waals surface area contributed by atoms with Crippen molar-refractivity contribution in [1.29, 1.82) is 0 Å². The maximum atomic E-state index is 5.48. The Morgan fingerprint density at radius 3 is 2.73 bits per heavy atom. The lowest BCUT2D eigenvalue weighted by atomic mass is 9.76. The van der Waals surface area contributed by atoms with E-state index in [4.69, 9.17) is 9.15 Å². The molecule has 2 fully saturated rings. The lowest BCUT2D eigenvalue weighted by Crippen LogP contribution is -2.42. The molecule has 0 N–H and O–H groups in total. The first-order valence-corrected chi connectivity index (χ1v) is 8.61. The number of hydrogen-bond acceptors (Lipinski definition) is 4. The second kappa shape index (κ2) is 6.73. The number of furan rings is 1. The van der Waals surface area contributed by atoms with Crippen molar-refractivity contribution >= 4 is 0 Å². The summed E-state index contributed by atoms with van der Waals surface area (Å²) in [5, 5.41) is 0. The fraction of sp³-hybridized carbons (Fsp3) is 0.778. The topological polar surface area (TPSA) is 28.9 Å². The Kier molecular flexibility index (Phi) is 4.91. The standard InChI is InChI=1S/C18H30N2O2/c1-15(2)20-14-18(11-16(20)13-21-3)6-8-19(9-7-18)12-17-5-4-10-22-17/h4-5,10,15-16H,6-9,11-14H2,1-3H3/t16-/m1/s1. The van der Waals surface area contributed by atoms with E-state index in [0.717, 1.165) is 18.9 Å². The van der Waals surface area contributed by atoms with E-state index in [1.165, 1.54) is 38.9 Å². The fourth-order valence-electron chi connectivity index (χ4n) is 4.32. The molecule has 1 aromatic rings. The third-order valence-corrected chi connectivity index (χ3v) is 5.55. The highest BCUT2D eigenvalue weighted by atomic mass is 16.5. The van der Waals surface area contributed by atoms with Gasteiger partial charge >= 0.3 is 0 Å². The molecule has 124 valence electrons. The zero-order valence-electron chi connectivity index (χ0n) is 14.3. The minimum Gasteiger partial charge on any atom is -0.468 e. The van der Waals surface area contributed by atoms with Crippen molar-refractivity contribution in [2.75, 3.05) is 33.4 Å². The predicted molar refractivity (Wildman–Crippen MR) is 87.8 cm³/mol. The van der Waals surface area contributed by atoms with Crippen molar-refractivity contribution < 1.29 is 9.15 Å².